The van der Waals surface area contributed by atoms with Gasteiger partial charge >= 0.3 is 5.97 Å². The Balaban J connectivity index is 1.74. The van der Waals surface area contributed by atoms with Crippen molar-refractivity contribution in [3.63, 3.8) is 0 Å². The van der Waals surface area contributed by atoms with Crippen LogP contribution >= 0.6 is 23.2 Å². The summed E-state index contributed by atoms with van der Waals surface area (Å²) in [5.74, 6) is -0.383. The van der Waals surface area contributed by atoms with Gasteiger partial charge in [0.25, 0.3) is 0 Å². The predicted octanol–water partition coefficient (Wildman–Crippen LogP) is 4.58. The van der Waals surface area contributed by atoms with Crippen LogP contribution in [0.15, 0.2) is 48.8 Å². The molecule has 1 aromatic heterocycles. The minimum atomic E-state index is -0.383. The molecule has 0 unspecified atom stereocenters. The predicted molar refractivity (Wildman–Crippen MR) is 89.0 cm³/mol. The molecular weight excluding hydrogens is 321 g/mol. The highest BCUT2D eigenvalue weighted by atomic mass is 35.5. The average molecular weight is 336 g/mol. The molecule has 0 atom stereocenters. The Hall–Kier alpha value is -1.84. The molecule has 0 saturated heterocycles. The number of halogens is 2. The van der Waals surface area contributed by atoms with Crippen molar-refractivity contribution >= 4 is 35.2 Å². The zero-order valence-electron chi connectivity index (χ0n) is 11.8. The number of carbonyl (C=O) groups is 1. The van der Waals surface area contributed by atoms with Crippen LogP contribution in [-0.2, 0) is 16.0 Å². The van der Waals surface area contributed by atoms with Crippen molar-refractivity contribution in [2.24, 2.45) is 0 Å². The number of hydrogen-bond acceptors (Lipinski definition) is 3. The Morgan fingerprint density at radius 2 is 1.82 bits per heavy atom. The second-order valence-electron chi connectivity index (χ2n) is 4.66. The van der Waals surface area contributed by atoms with Crippen molar-refractivity contribution in [2.45, 2.75) is 12.8 Å². The van der Waals surface area contributed by atoms with Crippen LogP contribution in [0.1, 0.15) is 17.5 Å². The highest BCUT2D eigenvalue weighted by Crippen LogP contribution is 2.19. The van der Waals surface area contributed by atoms with Gasteiger partial charge in [-0.15, -0.1) is 0 Å². The Bertz CT molecular complexity index is 637. The van der Waals surface area contributed by atoms with Gasteiger partial charge in [-0.25, -0.2) is 4.79 Å². The molecule has 0 fully saturated rings. The van der Waals surface area contributed by atoms with E-state index >= 15 is 0 Å². The molecule has 0 aliphatic carbocycles. The van der Waals surface area contributed by atoms with E-state index in [-0.39, 0.29) is 5.97 Å². The summed E-state index contributed by atoms with van der Waals surface area (Å²) in [7, 11) is 0. The number of aromatic nitrogens is 1. The number of nitrogens with zero attached hydrogens (tertiary/aromatic N) is 1. The molecule has 3 nitrogen and oxygen atoms in total. The van der Waals surface area contributed by atoms with E-state index in [9.17, 15) is 4.79 Å². The number of pyridine rings is 1. The molecule has 2 aromatic rings. The molecule has 0 amide bonds. The van der Waals surface area contributed by atoms with E-state index in [1.54, 1.807) is 36.7 Å². The molecule has 0 aliphatic rings. The van der Waals surface area contributed by atoms with Gasteiger partial charge in [0.1, 0.15) is 0 Å². The molecule has 1 heterocycles. The first-order valence-electron chi connectivity index (χ1n) is 6.83. The van der Waals surface area contributed by atoms with E-state index in [2.05, 4.69) is 4.98 Å². The van der Waals surface area contributed by atoms with E-state index in [0.717, 1.165) is 18.4 Å². The SMILES string of the molecule is O=C(/C=C/c1cc(Cl)cc(Cl)c1)OCCCc1ccncc1. The van der Waals surface area contributed by atoms with Gasteiger partial charge in [-0.2, -0.15) is 0 Å². The van der Waals surface area contributed by atoms with Crippen LogP contribution in [0.2, 0.25) is 10.0 Å². The van der Waals surface area contributed by atoms with Crippen molar-refractivity contribution < 1.29 is 9.53 Å². The number of hydrogen-bond donors (Lipinski definition) is 0. The summed E-state index contributed by atoms with van der Waals surface area (Å²) in [4.78, 5) is 15.6. The minimum Gasteiger partial charge on any atom is -0.463 e. The minimum absolute atomic E-state index is 0.377. The number of esters is 1. The van der Waals surface area contributed by atoms with Crippen LogP contribution < -0.4 is 0 Å². The molecule has 0 radical (unpaired) electrons. The van der Waals surface area contributed by atoms with E-state index < -0.39 is 0 Å². The second kappa shape index (κ2) is 8.57. The van der Waals surface area contributed by atoms with Crippen molar-refractivity contribution in [1.29, 1.82) is 0 Å². The van der Waals surface area contributed by atoms with Crippen LogP contribution in [0.25, 0.3) is 6.08 Å². The van der Waals surface area contributed by atoms with E-state index in [1.165, 1.54) is 11.6 Å². The average Bonchev–Trinajstić information content (AvgIpc) is 2.50. The summed E-state index contributed by atoms with van der Waals surface area (Å²) in [6, 6.07) is 8.98. The summed E-state index contributed by atoms with van der Waals surface area (Å²) < 4.78 is 5.14. The number of carbonyl (C=O) groups excluding carboxylic acids is 1. The monoisotopic (exact) mass is 335 g/mol. The largest absolute Gasteiger partial charge is 0.463 e. The summed E-state index contributed by atoms with van der Waals surface area (Å²) in [5.41, 5.74) is 1.93. The smallest absolute Gasteiger partial charge is 0.330 e. The van der Waals surface area contributed by atoms with Gasteiger partial charge < -0.3 is 4.74 Å². The molecule has 2 rings (SSSR count). The van der Waals surface area contributed by atoms with Gasteiger partial charge in [-0.3, -0.25) is 4.98 Å². The number of aryl methyl sites for hydroxylation is 1. The number of rotatable bonds is 6. The summed E-state index contributed by atoms with van der Waals surface area (Å²) in [6.07, 6.45) is 8.12. The van der Waals surface area contributed by atoms with Gasteiger partial charge in [0.2, 0.25) is 0 Å². The first-order valence-corrected chi connectivity index (χ1v) is 7.59. The Morgan fingerprint density at radius 1 is 1.14 bits per heavy atom. The van der Waals surface area contributed by atoms with E-state index in [0.29, 0.717) is 16.7 Å². The number of benzene rings is 1. The van der Waals surface area contributed by atoms with Gasteiger partial charge in [0, 0.05) is 28.5 Å². The lowest BCUT2D eigenvalue weighted by molar-refractivity contribution is -0.137. The highest BCUT2D eigenvalue weighted by molar-refractivity contribution is 6.34. The topological polar surface area (TPSA) is 39.2 Å². The van der Waals surface area contributed by atoms with Gasteiger partial charge in [-0.1, -0.05) is 23.2 Å². The van der Waals surface area contributed by atoms with Crippen molar-refractivity contribution in [2.75, 3.05) is 6.61 Å². The normalized spacial score (nSPS) is 10.8. The third kappa shape index (κ3) is 5.88. The van der Waals surface area contributed by atoms with Gasteiger partial charge in [0.15, 0.2) is 0 Å². The lowest BCUT2D eigenvalue weighted by Crippen LogP contribution is -2.03. The maximum atomic E-state index is 11.6. The molecule has 0 bridgehead atoms. The molecule has 0 aliphatic heterocycles. The van der Waals surface area contributed by atoms with Crippen LogP contribution in [0.5, 0.6) is 0 Å². The first-order chi connectivity index (χ1) is 10.6. The standard InChI is InChI=1S/C17H15Cl2NO2/c18-15-10-14(11-16(19)12-15)3-4-17(21)22-9-1-2-13-5-7-20-8-6-13/h3-8,10-12H,1-2,9H2/b4-3+. The molecular formula is C17H15Cl2NO2. The molecule has 5 heteroatoms. The van der Waals surface area contributed by atoms with Crippen LogP contribution in [0, 0.1) is 0 Å². The quantitative estimate of drug-likeness (QED) is 0.440. The third-order valence-electron chi connectivity index (χ3n) is 2.90. The second-order valence-corrected chi connectivity index (χ2v) is 5.54. The Labute approximate surface area is 139 Å². The maximum absolute atomic E-state index is 11.6. The summed E-state index contributed by atoms with van der Waals surface area (Å²) in [5, 5.41) is 1.05. The van der Waals surface area contributed by atoms with Crippen LogP contribution in [0.4, 0.5) is 0 Å². The first kappa shape index (κ1) is 16.5. The Kier molecular flexibility index (Phi) is 6.44. The zero-order valence-corrected chi connectivity index (χ0v) is 13.3. The maximum Gasteiger partial charge on any atom is 0.330 e. The van der Waals surface area contributed by atoms with E-state index in [1.807, 2.05) is 12.1 Å². The number of ether oxygens (including phenoxy) is 1. The molecule has 22 heavy (non-hydrogen) atoms. The molecule has 0 N–H and O–H groups in total. The summed E-state index contributed by atoms with van der Waals surface area (Å²) in [6.45, 7) is 0.377. The van der Waals surface area contributed by atoms with Crippen molar-refractivity contribution in [3.8, 4) is 0 Å². The fourth-order valence-electron chi connectivity index (χ4n) is 1.88. The highest BCUT2D eigenvalue weighted by Gasteiger charge is 1.99. The van der Waals surface area contributed by atoms with Crippen LogP contribution in [-0.4, -0.2) is 17.6 Å². The molecule has 114 valence electrons. The fraction of sp³-hybridized carbons (Fsp3) is 0.176. The fourth-order valence-corrected chi connectivity index (χ4v) is 2.43. The third-order valence-corrected chi connectivity index (χ3v) is 3.34. The molecule has 0 spiro atoms. The zero-order chi connectivity index (χ0) is 15.8. The van der Waals surface area contributed by atoms with Crippen molar-refractivity contribution in [3.05, 3.63) is 70.0 Å². The van der Waals surface area contributed by atoms with Gasteiger partial charge in [0.05, 0.1) is 6.61 Å². The molecule has 0 saturated carbocycles. The van der Waals surface area contributed by atoms with Crippen molar-refractivity contribution in [1.82, 2.24) is 4.98 Å². The Morgan fingerprint density at radius 3 is 2.50 bits per heavy atom. The van der Waals surface area contributed by atoms with E-state index in [4.69, 9.17) is 27.9 Å². The summed E-state index contributed by atoms with van der Waals surface area (Å²) >= 11 is 11.8. The lowest BCUT2D eigenvalue weighted by atomic mass is 10.1. The van der Waals surface area contributed by atoms with Crippen LogP contribution in [0.3, 0.4) is 0 Å². The van der Waals surface area contributed by atoms with Gasteiger partial charge in [-0.05, 0) is 60.4 Å². The molecule has 1 aromatic carbocycles. The lowest BCUT2D eigenvalue weighted by Gasteiger charge is -2.02.